The number of nitrogens with two attached hydrogens (primary N) is 1. The van der Waals surface area contributed by atoms with Crippen molar-refractivity contribution in [1.29, 1.82) is 0 Å². The van der Waals surface area contributed by atoms with Crippen LogP contribution < -0.4 is 5.73 Å². The molecule has 1 aliphatic heterocycles. The Balaban J connectivity index is 2.74. The van der Waals surface area contributed by atoms with Gasteiger partial charge in [-0.3, -0.25) is 4.79 Å². The average molecular weight is 256 g/mol. The Morgan fingerprint density at radius 1 is 1.47 bits per heavy atom. The largest absolute Gasteiger partial charge is 0.393 e. The number of likely N-dealkylation sites (tertiary alicyclic amines) is 1. The van der Waals surface area contributed by atoms with Gasteiger partial charge in [0.2, 0.25) is 5.91 Å². The van der Waals surface area contributed by atoms with Gasteiger partial charge in [-0.25, -0.2) is 0 Å². The van der Waals surface area contributed by atoms with Crippen LogP contribution >= 0.6 is 12.2 Å². The van der Waals surface area contributed by atoms with Gasteiger partial charge >= 0.3 is 0 Å². The monoisotopic (exact) mass is 256 g/mol. The van der Waals surface area contributed by atoms with Crippen LogP contribution in [0.5, 0.6) is 0 Å². The predicted molar refractivity (Wildman–Crippen MR) is 74.8 cm³/mol. The lowest BCUT2D eigenvalue weighted by atomic mass is 9.92. The fourth-order valence-corrected chi connectivity index (χ4v) is 2.69. The van der Waals surface area contributed by atoms with E-state index in [1.54, 1.807) is 0 Å². The predicted octanol–water partition coefficient (Wildman–Crippen LogP) is 2.34. The van der Waals surface area contributed by atoms with Crippen LogP contribution in [0.1, 0.15) is 46.5 Å². The summed E-state index contributed by atoms with van der Waals surface area (Å²) in [6.07, 6.45) is 4.00. The molecular formula is C13H24N2OS. The van der Waals surface area contributed by atoms with Crippen LogP contribution in [0.3, 0.4) is 0 Å². The molecule has 1 amide bonds. The summed E-state index contributed by atoms with van der Waals surface area (Å²) in [7, 11) is 0. The maximum atomic E-state index is 12.4. The molecule has 0 aliphatic carbocycles. The Bertz CT molecular complexity index is 293. The molecule has 3 nitrogen and oxygen atoms in total. The Kier molecular flexibility index (Phi) is 5.37. The molecule has 1 aliphatic rings. The zero-order chi connectivity index (χ0) is 13.0. The maximum Gasteiger partial charge on any atom is 0.232 e. The van der Waals surface area contributed by atoms with Gasteiger partial charge in [0.1, 0.15) is 0 Å². The number of carbonyl (C=O) groups excluding carboxylic acids is 1. The number of thiocarbonyl (C=S) groups is 1. The van der Waals surface area contributed by atoms with Crippen LogP contribution in [0.15, 0.2) is 0 Å². The first kappa shape index (κ1) is 14.4. The molecule has 1 saturated heterocycles. The van der Waals surface area contributed by atoms with Crippen molar-refractivity contribution >= 4 is 23.1 Å². The van der Waals surface area contributed by atoms with E-state index in [-0.39, 0.29) is 11.8 Å². The molecular weight excluding hydrogens is 232 g/mol. The van der Waals surface area contributed by atoms with E-state index in [1.807, 2.05) is 4.90 Å². The first-order chi connectivity index (χ1) is 7.97. The van der Waals surface area contributed by atoms with Gasteiger partial charge in [0.15, 0.2) is 0 Å². The van der Waals surface area contributed by atoms with Crippen molar-refractivity contribution in [2.75, 3.05) is 6.54 Å². The van der Waals surface area contributed by atoms with Gasteiger partial charge in [-0.2, -0.15) is 0 Å². The van der Waals surface area contributed by atoms with Gasteiger partial charge < -0.3 is 10.6 Å². The third kappa shape index (κ3) is 3.66. The topological polar surface area (TPSA) is 46.3 Å². The van der Waals surface area contributed by atoms with Gasteiger partial charge in [0, 0.05) is 12.6 Å². The van der Waals surface area contributed by atoms with Crippen LogP contribution in [0.2, 0.25) is 0 Å². The van der Waals surface area contributed by atoms with E-state index in [4.69, 9.17) is 18.0 Å². The van der Waals surface area contributed by atoms with Crippen molar-refractivity contribution < 1.29 is 4.79 Å². The van der Waals surface area contributed by atoms with Crippen LogP contribution in [0, 0.1) is 11.8 Å². The van der Waals surface area contributed by atoms with E-state index in [0.29, 0.717) is 16.9 Å². The number of hydrogen-bond donors (Lipinski definition) is 1. The smallest absolute Gasteiger partial charge is 0.232 e. The third-order valence-electron chi connectivity index (χ3n) is 3.62. The minimum Gasteiger partial charge on any atom is -0.393 e. The van der Waals surface area contributed by atoms with Gasteiger partial charge in [0.05, 0.1) is 10.9 Å². The summed E-state index contributed by atoms with van der Waals surface area (Å²) in [6.45, 7) is 7.22. The number of hydrogen-bond acceptors (Lipinski definition) is 2. The minimum absolute atomic E-state index is 0.137. The van der Waals surface area contributed by atoms with Crippen LogP contribution in [-0.2, 0) is 4.79 Å². The van der Waals surface area contributed by atoms with Crippen LogP contribution in [0.25, 0.3) is 0 Å². The Morgan fingerprint density at radius 2 is 2.12 bits per heavy atom. The summed E-state index contributed by atoms with van der Waals surface area (Å²) in [5.41, 5.74) is 5.69. The van der Waals surface area contributed by atoms with E-state index in [2.05, 4.69) is 20.8 Å². The van der Waals surface area contributed by atoms with Crippen molar-refractivity contribution in [1.82, 2.24) is 4.90 Å². The normalized spacial score (nSPS) is 26.6. The first-order valence-corrected chi connectivity index (χ1v) is 6.98. The highest BCUT2D eigenvalue weighted by molar-refractivity contribution is 7.80. The average Bonchev–Trinajstić information content (AvgIpc) is 2.28. The molecule has 1 heterocycles. The number of rotatable bonds is 4. The Morgan fingerprint density at radius 3 is 2.65 bits per heavy atom. The lowest BCUT2D eigenvalue weighted by molar-refractivity contribution is -0.137. The fourth-order valence-electron chi connectivity index (χ4n) is 2.47. The molecule has 0 bridgehead atoms. The van der Waals surface area contributed by atoms with Crippen molar-refractivity contribution in [3.05, 3.63) is 0 Å². The number of amides is 1. The van der Waals surface area contributed by atoms with E-state index >= 15 is 0 Å². The van der Waals surface area contributed by atoms with E-state index in [9.17, 15) is 4.79 Å². The molecule has 98 valence electrons. The molecule has 0 spiro atoms. The summed E-state index contributed by atoms with van der Waals surface area (Å²) in [5, 5.41) is 0. The van der Waals surface area contributed by atoms with Gasteiger partial charge in [-0.05, 0) is 32.1 Å². The Hall–Kier alpha value is -0.640. The number of piperidine rings is 1. The van der Waals surface area contributed by atoms with E-state index in [0.717, 1.165) is 25.8 Å². The fraction of sp³-hybridized carbons (Fsp3) is 0.846. The molecule has 1 rings (SSSR count). The molecule has 2 N–H and O–H groups in total. The lowest BCUT2D eigenvalue weighted by Crippen LogP contribution is -2.49. The molecule has 0 radical (unpaired) electrons. The molecule has 0 saturated carbocycles. The summed E-state index contributed by atoms with van der Waals surface area (Å²) in [6, 6.07) is 0.326. The summed E-state index contributed by atoms with van der Waals surface area (Å²) in [5.74, 6) is 0.463. The molecule has 17 heavy (non-hydrogen) atoms. The molecule has 1 fully saturated rings. The van der Waals surface area contributed by atoms with Crippen molar-refractivity contribution in [3.63, 3.8) is 0 Å². The third-order valence-corrected chi connectivity index (χ3v) is 3.90. The maximum absolute atomic E-state index is 12.4. The van der Waals surface area contributed by atoms with Gasteiger partial charge in [-0.15, -0.1) is 0 Å². The van der Waals surface area contributed by atoms with Crippen molar-refractivity contribution in [2.24, 2.45) is 17.6 Å². The first-order valence-electron chi connectivity index (χ1n) is 6.57. The highest BCUT2D eigenvalue weighted by Gasteiger charge is 2.32. The van der Waals surface area contributed by atoms with E-state index in [1.165, 1.54) is 6.42 Å². The second kappa shape index (κ2) is 6.34. The zero-order valence-corrected chi connectivity index (χ0v) is 11.9. The second-order valence-corrected chi connectivity index (χ2v) is 5.74. The molecule has 3 atom stereocenters. The highest BCUT2D eigenvalue weighted by Crippen LogP contribution is 2.24. The summed E-state index contributed by atoms with van der Waals surface area (Å²) >= 11 is 5.03. The van der Waals surface area contributed by atoms with Crippen molar-refractivity contribution in [3.8, 4) is 0 Å². The van der Waals surface area contributed by atoms with Gasteiger partial charge in [0.25, 0.3) is 0 Å². The highest BCUT2D eigenvalue weighted by atomic mass is 32.1. The molecule has 0 aromatic carbocycles. The zero-order valence-electron chi connectivity index (χ0n) is 11.1. The molecule has 4 heteroatoms. The van der Waals surface area contributed by atoms with Crippen LogP contribution in [-0.4, -0.2) is 28.4 Å². The lowest BCUT2D eigenvalue weighted by Gasteiger charge is -2.38. The van der Waals surface area contributed by atoms with Gasteiger partial charge in [-0.1, -0.05) is 32.5 Å². The number of nitrogens with zero attached hydrogens (tertiary/aromatic N) is 1. The summed E-state index contributed by atoms with van der Waals surface area (Å²) in [4.78, 5) is 14.8. The van der Waals surface area contributed by atoms with Crippen LogP contribution in [0.4, 0.5) is 0 Å². The Labute approximate surface area is 110 Å². The quantitative estimate of drug-likeness (QED) is 0.785. The SMILES string of the molecule is CCCC(C(=O)N1CC(C)CCC1C)C(N)=S. The van der Waals surface area contributed by atoms with E-state index < -0.39 is 0 Å². The molecule has 0 aromatic heterocycles. The molecule has 0 aromatic rings. The molecule has 3 unspecified atom stereocenters. The standard InChI is InChI=1S/C13H24N2OS/c1-4-5-11(12(14)17)13(16)15-8-9(2)6-7-10(15)3/h9-11H,4-8H2,1-3H3,(H2,14,17). The van der Waals surface area contributed by atoms with Crippen molar-refractivity contribution in [2.45, 2.75) is 52.5 Å². The number of carbonyl (C=O) groups is 1. The minimum atomic E-state index is -0.261. The second-order valence-electron chi connectivity index (χ2n) is 5.27. The summed E-state index contributed by atoms with van der Waals surface area (Å²) < 4.78 is 0.